The average Bonchev–Trinajstić information content (AvgIpc) is 2.78. The van der Waals surface area contributed by atoms with Gasteiger partial charge in [0.2, 0.25) is 11.8 Å². The number of likely N-dealkylation sites (N-methyl/N-ethyl adjacent to an activating group) is 1. The first kappa shape index (κ1) is 14.4. The lowest BCUT2D eigenvalue weighted by atomic mass is 9.84. The molecule has 5 heteroatoms. The van der Waals surface area contributed by atoms with Crippen molar-refractivity contribution in [3.05, 3.63) is 29.3 Å². The molecule has 0 radical (unpaired) electrons. The maximum absolute atomic E-state index is 12.6. The third-order valence-electron chi connectivity index (χ3n) is 4.59. The predicted octanol–water partition coefficient (Wildman–Crippen LogP) is 2.70. The van der Waals surface area contributed by atoms with Crippen molar-refractivity contribution in [1.82, 2.24) is 4.90 Å². The van der Waals surface area contributed by atoms with Crippen molar-refractivity contribution >= 4 is 29.1 Å². The van der Waals surface area contributed by atoms with Gasteiger partial charge in [0.1, 0.15) is 6.04 Å². The Morgan fingerprint density at radius 1 is 1.29 bits per heavy atom. The molecule has 21 heavy (non-hydrogen) atoms. The highest BCUT2D eigenvalue weighted by atomic mass is 35.5. The van der Waals surface area contributed by atoms with E-state index in [1.165, 1.54) is 0 Å². The second kappa shape index (κ2) is 5.68. The summed E-state index contributed by atoms with van der Waals surface area (Å²) >= 11 is 6.17. The molecule has 1 aliphatic heterocycles. The van der Waals surface area contributed by atoms with E-state index in [2.05, 4.69) is 0 Å². The van der Waals surface area contributed by atoms with E-state index >= 15 is 0 Å². The zero-order valence-corrected chi connectivity index (χ0v) is 12.8. The lowest BCUT2D eigenvalue weighted by Crippen LogP contribution is -2.46. The number of carbonyl (C=O) groups is 2. The minimum absolute atomic E-state index is 0.0294. The van der Waals surface area contributed by atoms with Crippen LogP contribution in [-0.4, -0.2) is 36.3 Å². The minimum atomic E-state index is -0.352. The van der Waals surface area contributed by atoms with Gasteiger partial charge in [-0.2, -0.15) is 0 Å². The number of rotatable bonds is 3. The molecule has 0 bridgehead atoms. The maximum atomic E-state index is 12.6. The Kier molecular flexibility index (Phi) is 3.89. The molecule has 4 nitrogen and oxygen atoms in total. The standard InChI is InChI=1S/C16H19ClN2O2/c1-18(15(20)11-5-4-6-11)14-9-10-19(16(14)21)13-8-3-2-7-12(13)17/h2-3,7-8,11,14H,4-6,9-10H2,1H3. The molecule has 1 unspecified atom stereocenters. The molecule has 1 aromatic rings. The van der Waals surface area contributed by atoms with Gasteiger partial charge in [-0.3, -0.25) is 9.59 Å². The van der Waals surface area contributed by atoms with Gasteiger partial charge >= 0.3 is 0 Å². The second-order valence-electron chi connectivity index (χ2n) is 5.82. The monoisotopic (exact) mass is 306 g/mol. The van der Waals surface area contributed by atoms with Crippen molar-refractivity contribution in [3.8, 4) is 0 Å². The molecular weight excluding hydrogens is 288 g/mol. The molecular formula is C16H19ClN2O2. The Morgan fingerprint density at radius 2 is 2.00 bits per heavy atom. The Morgan fingerprint density at radius 3 is 2.62 bits per heavy atom. The Balaban J connectivity index is 1.74. The molecule has 112 valence electrons. The van der Waals surface area contributed by atoms with Gasteiger partial charge in [-0.15, -0.1) is 0 Å². The van der Waals surface area contributed by atoms with Crippen LogP contribution in [0, 0.1) is 5.92 Å². The minimum Gasteiger partial charge on any atom is -0.333 e. The van der Waals surface area contributed by atoms with Gasteiger partial charge in [0, 0.05) is 19.5 Å². The number of hydrogen-bond acceptors (Lipinski definition) is 2. The molecule has 2 amide bonds. The Labute approximate surface area is 129 Å². The predicted molar refractivity (Wildman–Crippen MR) is 82.3 cm³/mol. The van der Waals surface area contributed by atoms with Crippen molar-refractivity contribution < 1.29 is 9.59 Å². The summed E-state index contributed by atoms with van der Waals surface area (Å²) in [5, 5.41) is 0.569. The number of anilines is 1. The SMILES string of the molecule is CN(C(=O)C1CCC1)C1CCN(c2ccccc2Cl)C1=O. The van der Waals surface area contributed by atoms with Gasteiger partial charge in [-0.25, -0.2) is 0 Å². The first-order valence-corrected chi connectivity index (χ1v) is 7.80. The molecule has 1 saturated carbocycles. The van der Waals surface area contributed by atoms with Crippen LogP contribution in [0.15, 0.2) is 24.3 Å². The van der Waals surface area contributed by atoms with E-state index < -0.39 is 0 Å². The lowest BCUT2D eigenvalue weighted by Gasteiger charge is -2.32. The molecule has 1 heterocycles. The summed E-state index contributed by atoms with van der Waals surface area (Å²) in [7, 11) is 1.75. The number of benzene rings is 1. The summed E-state index contributed by atoms with van der Waals surface area (Å²) in [4.78, 5) is 28.2. The topological polar surface area (TPSA) is 40.6 Å². The van der Waals surface area contributed by atoms with Crippen LogP contribution in [0.4, 0.5) is 5.69 Å². The smallest absolute Gasteiger partial charge is 0.249 e. The van der Waals surface area contributed by atoms with E-state index in [9.17, 15) is 9.59 Å². The molecule has 1 aromatic carbocycles. The van der Waals surface area contributed by atoms with Crippen LogP contribution in [0.5, 0.6) is 0 Å². The number of carbonyl (C=O) groups excluding carboxylic acids is 2. The summed E-state index contributed by atoms with van der Waals surface area (Å²) < 4.78 is 0. The summed E-state index contributed by atoms with van der Waals surface area (Å²) in [5.74, 6) is 0.205. The van der Waals surface area contributed by atoms with E-state index in [0.29, 0.717) is 18.0 Å². The van der Waals surface area contributed by atoms with Crippen LogP contribution in [0.3, 0.4) is 0 Å². The molecule has 1 atom stereocenters. The van der Waals surface area contributed by atoms with Gasteiger partial charge in [-0.1, -0.05) is 30.2 Å². The van der Waals surface area contributed by atoms with E-state index in [1.807, 2.05) is 18.2 Å². The number of nitrogens with zero attached hydrogens (tertiary/aromatic N) is 2. The highest BCUT2D eigenvalue weighted by Gasteiger charge is 2.40. The van der Waals surface area contributed by atoms with Gasteiger partial charge in [0.05, 0.1) is 10.7 Å². The number of para-hydroxylation sites is 1. The van der Waals surface area contributed by atoms with Crippen LogP contribution in [0.1, 0.15) is 25.7 Å². The summed E-state index contributed by atoms with van der Waals surface area (Å²) in [6.45, 7) is 0.607. The van der Waals surface area contributed by atoms with Crippen molar-refractivity contribution in [2.75, 3.05) is 18.5 Å². The van der Waals surface area contributed by atoms with Gasteiger partial charge in [0.25, 0.3) is 0 Å². The van der Waals surface area contributed by atoms with Crippen molar-refractivity contribution in [2.24, 2.45) is 5.92 Å². The van der Waals surface area contributed by atoms with Crippen LogP contribution in [0.25, 0.3) is 0 Å². The fourth-order valence-corrected chi connectivity index (χ4v) is 3.27. The Hall–Kier alpha value is -1.55. The zero-order valence-electron chi connectivity index (χ0n) is 12.1. The molecule has 3 rings (SSSR count). The average molecular weight is 307 g/mol. The summed E-state index contributed by atoms with van der Waals surface area (Å²) in [5.41, 5.74) is 0.733. The van der Waals surface area contributed by atoms with E-state index in [4.69, 9.17) is 11.6 Å². The Bertz CT molecular complexity index is 571. The third-order valence-corrected chi connectivity index (χ3v) is 4.91. The fourth-order valence-electron chi connectivity index (χ4n) is 3.03. The highest BCUT2D eigenvalue weighted by molar-refractivity contribution is 6.34. The van der Waals surface area contributed by atoms with Crippen molar-refractivity contribution in [3.63, 3.8) is 0 Å². The largest absolute Gasteiger partial charge is 0.333 e. The summed E-state index contributed by atoms with van der Waals surface area (Å²) in [6.07, 6.45) is 3.70. The molecule has 0 spiro atoms. The fraction of sp³-hybridized carbons (Fsp3) is 0.500. The molecule has 0 N–H and O–H groups in total. The number of halogens is 1. The van der Waals surface area contributed by atoms with E-state index in [-0.39, 0.29) is 23.8 Å². The van der Waals surface area contributed by atoms with E-state index in [0.717, 1.165) is 24.9 Å². The quantitative estimate of drug-likeness (QED) is 0.861. The van der Waals surface area contributed by atoms with E-state index in [1.54, 1.807) is 22.9 Å². The normalized spacial score (nSPS) is 22.3. The number of amides is 2. The molecule has 2 aliphatic rings. The first-order valence-electron chi connectivity index (χ1n) is 7.42. The molecule has 0 aromatic heterocycles. The van der Waals surface area contributed by atoms with Crippen molar-refractivity contribution in [1.29, 1.82) is 0 Å². The van der Waals surface area contributed by atoms with Gasteiger partial charge in [0.15, 0.2) is 0 Å². The van der Waals surface area contributed by atoms with Crippen LogP contribution in [-0.2, 0) is 9.59 Å². The maximum Gasteiger partial charge on any atom is 0.249 e. The first-order chi connectivity index (χ1) is 10.1. The molecule has 2 fully saturated rings. The summed E-state index contributed by atoms with van der Waals surface area (Å²) in [6, 6.07) is 6.98. The lowest BCUT2D eigenvalue weighted by molar-refractivity contribution is -0.142. The van der Waals surface area contributed by atoms with Crippen LogP contribution >= 0.6 is 11.6 Å². The molecule has 1 saturated heterocycles. The van der Waals surface area contributed by atoms with Gasteiger partial charge < -0.3 is 9.80 Å². The second-order valence-corrected chi connectivity index (χ2v) is 6.23. The highest BCUT2D eigenvalue weighted by Crippen LogP contribution is 2.32. The van der Waals surface area contributed by atoms with Gasteiger partial charge in [-0.05, 0) is 31.4 Å². The number of hydrogen-bond donors (Lipinski definition) is 0. The third kappa shape index (κ3) is 2.53. The zero-order chi connectivity index (χ0) is 15.0. The van der Waals surface area contributed by atoms with Crippen LogP contribution in [0.2, 0.25) is 5.02 Å². The van der Waals surface area contributed by atoms with Crippen LogP contribution < -0.4 is 4.90 Å². The molecule has 1 aliphatic carbocycles. The van der Waals surface area contributed by atoms with Crippen molar-refractivity contribution in [2.45, 2.75) is 31.7 Å².